The van der Waals surface area contributed by atoms with Crippen molar-refractivity contribution in [2.24, 2.45) is 0 Å². The number of carbonyl (C=O) groups excluding carboxylic acids is 1. The lowest BCUT2D eigenvalue weighted by Crippen LogP contribution is -2.30. The Morgan fingerprint density at radius 1 is 0.767 bits per heavy atom. The molecule has 0 saturated heterocycles. The Kier molecular flexibility index (Phi) is 5.24. The molecule has 0 aliphatic heterocycles. The lowest BCUT2D eigenvalue weighted by atomic mass is 10.1. The molecule has 0 radical (unpaired) electrons. The first-order chi connectivity index (χ1) is 14.6. The Morgan fingerprint density at radius 3 is 1.57 bits per heavy atom. The zero-order chi connectivity index (χ0) is 20.9. The largest absolute Gasteiger partial charge is 0.509 e. The molecule has 2 aromatic carbocycles. The van der Waals surface area contributed by atoms with E-state index in [1.54, 1.807) is 60.7 Å². The van der Waals surface area contributed by atoms with E-state index in [1.807, 2.05) is 0 Å². The molecule has 0 aliphatic rings. The fourth-order valence-corrected chi connectivity index (χ4v) is 2.70. The van der Waals surface area contributed by atoms with E-state index in [9.17, 15) is 15.2 Å². The van der Waals surface area contributed by atoms with Gasteiger partial charge in [0, 0.05) is 21.4 Å². The summed E-state index contributed by atoms with van der Waals surface area (Å²) in [6, 6.07) is 17.6. The van der Waals surface area contributed by atoms with Crippen molar-refractivity contribution in [1.82, 2.24) is 10.3 Å². The van der Waals surface area contributed by atoms with Crippen LogP contribution in [-0.4, -0.2) is 16.5 Å². The van der Waals surface area contributed by atoms with Crippen molar-refractivity contribution in [3.63, 3.8) is 0 Å². The van der Waals surface area contributed by atoms with Crippen LogP contribution < -0.4 is 9.81 Å². The molecule has 0 bridgehead atoms. The first-order valence-electron chi connectivity index (χ1n) is 8.71. The quantitative estimate of drug-likeness (QED) is 0.345. The second-order valence-electron chi connectivity index (χ2n) is 6.01. The number of benzene rings is 2. The second-order valence-corrected chi connectivity index (χ2v) is 6.01. The van der Waals surface area contributed by atoms with E-state index < -0.39 is 19.4 Å². The van der Waals surface area contributed by atoms with Gasteiger partial charge in [0.05, 0.1) is 0 Å². The maximum absolute atomic E-state index is 12.0. The third kappa shape index (κ3) is 3.90. The summed E-state index contributed by atoms with van der Waals surface area (Å²) < 4.78 is 19.1. The van der Waals surface area contributed by atoms with Crippen molar-refractivity contribution >= 4 is 6.16 Å². The van der Waals surface area contributed by atoms with E-state index >= 15 is 0 Å². The van der Waals surface area contributed by atoms with E-state index in [2.05, 4.69) is 19.6 Å². The van der Waals surface area contributed by atoms with Crippen LogP contribution >= 0.6 is 0 Å². The van der Waals surface area contributed by atoms with Gasteiger partial charge in [0.15, 0.2) is 13.2 Å². The normalized spacial score (nSPS) is 10.7. The Balaban J connectivity index is 1.41. The highest BCUT2D eigenvalue weighted by molar-refractivity contribution is 5.63. The first kappa shape index (κ1) is 18.9. The van der Waals surface area contributed by atoms with E-state index in [4.69, 9.17) is 9.47 Å². The molecule has 0 amide bonds. The number of nitrogens with zero attached hydrogens (tertiary/aromatic N) is 4. The van der Waals surface area contributed by atoms with E-state index in [1.165, 1.54) is 0 Å². The Bertz CT molecular complexity index is 1050. The topological polar surface area (TPSA) is 141 Å². The van der Waals surface area contributed by atoms with Crippen LogP contribution in [0.15, 0.2) is 69.9 Å². The summed E-state index contributed by atoms with van der Waals surface area (Å²) in [5.74, 6) is 0. The average molecular weight is 410 g/mol. The van der Waals surface area contributed by atoms with Gasteiger partial charge in [0.25, 0.3) is 11.4 Å². The zero-order valence-electron chi connectivity index (χ0n) is 15.3. The Morgan fingerprint density at radius 2 is 1.17 bits per heavy atom. The number of hydrogen-bond donors (Lipinski definition) is 0. The van der Waals surface area contributed by atoms with Crippen LogP contribution in [0.4, 0.5) is 4.79 Å². The molecule has 11 heteroatoms. The van der Waals surface area contributed by atoms with Gasteiger partial charge in [-0.3, -0.25) is 9.26 Å². The van der Waals surface area contributed by atoms with Crippen molar-refractivity contribution < 1.29 is 33.3 Å². The molecule has 0 aliphatic carbocycles. The van der Waals surface area contributed by atoms with Gasteiger partial charge in [0.1, 0.15) is 0 Å². The highest BCUT2D eigenvalue weighted by Gasteiger charge is 2.25. The number of ether oxygens (including phenoxy) is 2. The highest BCUT2D eigenvalue weighted by Crippen LogP contribution is 2.21. The monoisotopic (exact) mass is 410 g/mol. The second kappa shape index (κ2) is 8.31. The summed E-state index contributed by atoms with van der Waals surface area (Å²) in [4.78, 5) is 12.3. The smallest absolute Gasteiger partial charge is 0.425 e. The number of carbonyl (C=O) groups is 1. The van der Waals surface area contributed by atoms with Gasteiger partial charge in [-0.15, -0.1) is 0 Å². The molecule has 0 atom stereocenters. The standard InChI is InChI=1S/C19H14N4O7/c24-19(27-11-15-17(20-29-22(15)25)13-7-3-1-4-8-13)28-12-16-18(21-30-23(16)26)14-9-5-2-6-10-14/h1-10H,11-12H2. The summed E-state index contributed by atoms with van der Waals surface area (Å²) in [5.41, 5.74) is 1.70. The minimum Gasteiger partial charge on any atom is -0.425 e. The maximum Gasteiger partial charge on any atom is 0.509 e. The van der Waals surface area contributed by atoms with Crippen molar-refractivity contribution in [2.45, 2.75) is 13.2 Å². The lowest BCUT2D eigenvalue weighted by molar-refractivity contribution is -0.809. The van der Waals surface area contributed by atoms with Gasteiger partial charge in [-0.05, 0) is 9.81 Å². The third-order valence-corrected chi connectivity index (χ3v) is 4.15. The van der Waals surface area contributed by atoms with E-state index in [0.717, 1.165) is 0 Å². The average Bonchev–Trinajstić information content (AvgIpc) is 3.34. The van der Waals surface area contributed by atoms with Gasteiger partial charge in [-0.2, -0.15) is 0 Å². The summed E-state index contributed by atoms with van der Waals surface area (Å²) in [5, 5.41) is 31.0. The van der Waals surface area contributed by atoms with Crippen LogP contribution in [-0.2, 0) is 22.7 Å². The van der Waals surface area contributed by atoms with Crippen LogP contribution in [0.2, 0.25) is 0 Å². The van der Waals surface area contributed by atoms with Crippen LogP contribution in [0.5, 0.6) is 0 Å². The van der Waals surface area contributed by atoms with Gasteiger partial charge in [0.2, 0.25) is 11.4 Å². The molecule has 30 heavy (non-hydrogen) atoms. The molecule has 0 unspecified atom stereocenters. The van der Waals surface area contributed by atoms with Crippen LogP contribution in [0.1, 0.15) is 11.4 Å². The Labute approximate surface area is 168 Å². The zero-order valence-corrected chi connectivity index (χ0v) is 15.3. The molecule has 0 N–H and O–H groups in total. The molecule has 2 aromatic heterocycles. The van der Waals surface area contributed by atoms with Crippen molar-refractivity contribution in [3.8, 4) is 22.5 Å². The van der Waals surface area contributed by atoms with E-state index in [0.29, 0.717) is 11.1 Å². The number of hydrogen-bond acceptors (Lipinski definition) is 9. The van der Waals surface area contributed by atoms with Crippen molar-refractivity contribution in [1.29, 1.82) is 0 Å². The predicted octanol–water partition coefficient (Wildman–Crippen LogP) is 2.12. The summed E-state index contributed by atoms with van der Waals surface area (Å²) in [6.45, 7) is -0.884. The molecule has 0 fully saturated rings. The molecular weight excluding hydrogens is 396 g/mol. The molecule has 152 valence electrons. The molecule has 0 saturated carbocycles. The van der Waals surface area contributed by atoms with Gasteiger partial charge < -0.3 is 19.9 Å². The lowest BCUT2D eigenvalue weighted by Gasteiger charge is -2.04. The first-order valence-corrected chi connectivity index (χ1v) is 8.71. The minimum absolute atomic E-state index is 0.00742. The third-order valence-electron chi connectivity index (χ3n) is 4.15. The summed E-state index contributed by atoms with van der Waals surface area (Å²) in [6.07, 6.45) is -1.10. The van der Waals surface area contributed by atoms with Gasteiger partial charge in [-0.25, -0.2) is 4.79 Å². The minimum atomic E-state index is -1.10. The molecule has 4 aromatic rings. The van der Waals surface area contributed by atoms with Crippen molar-refractivity contribution in [2.75, 3.05) is 0 Å². The molecule has 0 spiro atoms. The van der Waals surface area contributed by atoms with Gasteiger partial charge in [-0.1, -0.05) is 60.7 Å². The number of rotatable bonds is 6. The fourth-order valence-electron chi connectivity index (χ4n) is 2.70. The summed E-state index contributed by atoms with van der Waals surface area (Å²) in [7, 11) is 0. The SMILES string of the molecule is O=C(OCc1c(-c2ccccc2)no[n+]1[O-])OCc1c(-c2ccccc2)no[n+]1[O-]. The maximum atomic E-state index is 12.0. The highest BCUT2D eigenvalue weighted by atomic mass is 16.8. The summed E-state index contributed by atoms with van der Waals surface area (Å²) >= 11 is 0. The van der Waals surface area contributed by atoms with Crippen molar-refractivity contribution in [3.05, 3.63) is 82.5 Å². The van der Waals surface area contributed by atoms with Crippen LogP contribution in [0.25, 0.3) is 22.5 Å². The predicted molar refractivity (Wildman–Crippen MR) is 96.8 cm³/mol. The fraction of sp³-hybridized carbons (Fsp3) is 0.105. The molecule has 11 nitrogen and oxygen atoms in total. The van der Waals surface area contributed by atoms with E-state index in [-0.39, 0.29) is 32.6 Å². The Hall–Kier alpha value is -4.41. The van der Waals surface area contributed by atoms with Crippen LogP contribution in [0, 0.1) is 10.4 Å². The van der Waals surface area contributed by atoms with Crippen LogP contribution in [0.3, 0.4) is 0 Å². The van der Waals surface area contributed by atoms with Gasteiger partial charge >= 0.3 is 6.16 Å². The molecular formula is C19H14N4O7. The molecule has 4 rings (SSSR count). The molecule has 2 heterocycles. The number of aromatic nitrogens is 4.